The van der Waals surface area contributed by atoms with Gasteiger partial charge < -0.3 is 0 Å². The van der Waals surface area contributed by atoms with Crippen LogP contribution in [-0.2, 0) is 0 Å². The molecule has 0 saturated heterocycles. The molecule has 0 spiro atoms. The Balaban J connectivity index is 2.54. The number of rotatable bonds is 1. The fourth-order valence-corrected chi connectivity index (χ4v) is 0. The molecule has 0 unspecified atom stereocenters. The third-order valence-electron chi connectivity index (χ3n) is 0.154. The molecule has 0 fully saturated rings. The summed E-state index contributed by atoms with van der Waals surface area (Å²) in [6.07, 6.45) is -2.45. The van der Waals surface area contributed by atoms with E-state index in [1.165, 1.54) is 0 Å². The molecule has 5 heavy (non-hydrogen) atoms. The van der Waals surface area contributed by atoms with Gasteiger partial charge in [-0.3, -0.25) is 5.73 Å². The summed E-state index contributed by atoms with van der Waals surface area (Å²) >= 11 is 0. The van der Waals surface area contributed by atoms with Crippen LogP contribution in [0.1, 0.15) is 0 Å². The number of nitrogens with one attached hydrogen (secondary N) is 1. The Bertz CT molecular complexity index is 21.6. The van der Waals surface area contributed by atoms with Crippen LogP contribution >= 0.6 is 0 Å². The van der Waals surface area contributed by atoms with E-state index in [9.17, 15) is 8.78 Å². The van der Waals surface area contributed by atoms with Crippen LogP contribution in [0.25, 0.3) is 0 Å². The van der Waals surface area contributed by atoms with E-state index in [-0.39, 0.29) is 0 Å². The molecule has 1 N–H and O–H groups in total. The lowest BCUT2D eigenvalue weighted by Gasteiger charge is -1.81. The van der Waals surface area contributed by atoms with Gasteiger partial charge in [-0.2, -0.15) is 0 Å². The molecule has 0 amide bonds. The van der Waals surface area contributed by atoms with E-state index in [4.69, 9.17) is 5.73 Å². The first-order chi connectivity index (χ1) is 2.27. The normalized spacial score (nSPS) is 9.60. The smallest absolute Gasteiger partial charge is 0.252 e. The van der Waals surface area contributed by atoms with Crippen LogP contribution < -0.4 is 5.73 Å². The molecule has 3 heteroatoms. The lowest BCUT2D eigenvalue weighted by atomic mass is 10.7. The molecule has 0 aromatic rings. The zero-order valence-electron chi connectivity index (χ0n) is 2.54. The summed E-state index contributed by atoms with van der Waals surface area (Å²) in [4.78, 5) is 0. The van der Waals surface area contributed by atoms with Crippen LogP contribution in [-0.4, -0.2) is 13.0 Å². The molecule has 1 radical (unpaired) electrons. The highest BCUT2D eigenvalue weighted by atomic mass is 19.3. The Morgan fingerprint density at radius 2 is 1.80 bits per heavy atom. The molecular weight excluding hydrogens is 76.0 g/mol. The third kappa shape index (κ3) is 3.82. The van der Waals surface area contributed by atoms with Gasteiger partial charge in [0.1, 0.15) is 0 Å². The van der Waals surface area contributed by atoms with Crippen LogP contribution in [0.15, 0.2) is 0 Å². The molecule has 0 aliphatic carbocycles. The summed E-state index contributed by atoms with van der Waals surface area (Å²) in [6, 6.07) is 0. The molecular formula is C2H4F2N. The predicted molar refractivity (Wildman–Crippen MR) is 14.0 cm³/mol. The minimum Gasteiger partial charge on any atom is -0.252 e. The summed E-state index contributed by atoms with van der Waals surface area (Å²) in [5.41, 5.74) is 5.91. The highest BCUT2D eigenvalue weighted by Crippen LogP contribution is 1.84. The van der Waals surface area contributed by atoms with E-state index in [2.05, 4.69) is 0 Å². The molecule has 0 rings (SSSR count). The molecule has 1 nitrogen and oxygen atoms in total. The monoisotopic (exact) mass is 80.0 g/mol. The maximum atomic E-state index is 10.6. The van der Waals surface area contributed by atoms with Gasteiger partial charge in [-0.05, 0) is 0 Å². The number of hydrogen-bond donors (Lipinski definition) is 0. The van der Waals surface area contributed by atoms with Crippen molar-refractivity contribution in [2.45, 2.75) is 6.43 Å². The maximum Gasteiger partial charge on any atom is 0.252 e. The van der Waals surface area contributed by atoms with Gasteiger partial charge in [0.2, 0.25) is 0 Å². The Hall–Kier alpha value is -0.180. The zero-order chi connectivity index (χ0) is 4.28. The number of hydrogen-bond acceptors (Lipinski definition) is 0. The predicted octanol–water partition coefficient (Wildman–Crippen LogP) is 0.534. The van der Waals surface area contributed by atoms with Crippen molar-refractivity contribution in [1.29, 1.82) is 0 Å². The van der Waals surface area contributed by atoms with E-state index in [1.54, 1.807) is 0 Å². The van der Waals surface area contributed by atoms with Gasteiger partial charge >= 0.3 is 0 Å². The van der Waals surface area contributed by atoms with Gasteiger partial charge in [-0.15, -0.1) is 0 Å². The Morgan fingerprint density at radius 1 is 1.60 bits per heavy atom. The van der Waals surface area contributed by atoms with Crippen LogP contribution in [0, 0.1) is 0 Å². The fraction of sp³-hybridized carbons (Fsp3) is 1.00. The van der Waals surface area contributed by atoms with E-state index >= 15 is 0 Å². The SMILES string of the molecule is [NH]CC(F)F. The van der Waals surface area contributed by atoms with Crippen molar-refractivity contribution in [3.8, 4) is 0 Å². The molecule has 0 aliphatic rings. The quantitative estimate of drug-likeness (QED) is 0.439. The summed E-state index contributed by atoms with van der Waals surface area (Å²) in [7, 11) is 0. The van der Waals surface area contributed by atoms with E-state index in [1.807, 2.05) is 0 Å². The minimum atomic E-state index is -2.45. The number of halogens is 2. The second kappa shape index (κ2) is 2.08. The van der Waals surface area contributed by atoms with Gasteiger partial charge in [0, 0.05) is 0 Å². The van der Waals surface area contributed by atoms with Gasteiger partial charge in [0.15, 0.2) is 0 Å². The van der Waals surface area contributed by atoms with E-state index < -0.39 is 13.0 Å². The van der Waals surface area contributed by atoms with Crippen molar-refractivity contribution in [1.82, 2.24) is 5.73 Å². The van der Waals surface area contributed by atoms with Gasteiger partial charge in [0.25, 0.3) is 6.43 Å². The number of alkyl halides is 2. The summed E-state index contributed by atoms with van der Waals surface area (Å²) in [5, 5.41) is 0. The van der Waals surface area contributed by atoms with E-state index in [0.717, 1.165) is 0 Å². The molecule has 0 atom stereocenters. The molecule has 0 saturated carbocycles. The highest BCUT2D eigenvalue weighted by Gasteiger charge is 1.92. The average molecular weight is 80.1 g/mol. The Labute approximate surface area is 28.8 Å². The largest absolute Gasteiger partial charge is 0.252 e. The second-order valence-electron chi connectivity index (χ2n) is 0.595. The topological polar surface area (TPSA) is 23.8 Å². The summed E-state index contributed by atoms with van der Waals surface area (Å²) in [6.45, 7) is -0.778. The van der Waals surface area contributed by atoms with Gasteiger partial charge in [0.05, 0.1) is 6.54 Å². The second-order valence-corrected chi connectivity index (χ2v) is 0.595. The molecule has 0 bridgehead atoms. The van der Waals surface area contributed by atoms with E-state index in [0.29, 0.717) is 0 Å². The molecule has 0 aromatic heterocycles. The van der Waals surface area contributed by atoms with Crippen LogP contribution in [0.4, 0.5) is 8.78 Å². The lowest BCUT2D eigenvalue weighted by Crippen LogP contribution is -1.96. The van der Waals surface area contributed by atoms with Crippen molar-refractivity contribution in [2.75, 3.05) is 6.54 Å². The van der Waals surface area contributed by atoms with Gasteiger partial charge in [-0.1, -0.05) is 0 Å². The fourth-order valence-electron chi connectivity index (χ4n) is 0. The highest BCUT2D eigenvalue weighted by molar-refractivity contribution is 4.29. The zero-order valence-corrected chi connectivity index (χ0v) is 2.54. The van der Waals surface area contributed by atoms with Crippen molar-refractivity contribution in [3.63, 3.8) is 0 Å². The lowest BCUT2D eigenvalue weighted by molar-refractivity contribution is 0.156. The van der Waals surface area contributed by atoms with Crippen molar-refractivity contribution in [2.24, 2.45) is 0 Å². The first kappa shape index (κ1) is 4.82. The molecule has 0 aliphatic heterocycles. The average Bonchev–Trinajstić information content (AvgIpc) is 1.38. The van der Waals surface area contributed by atoms with Crippen molar-refractivity contribution >= 4 is 0 Å². The first-order valence-corrected chi connectivity index (χ1v) is 1.20. The minimum absolute atomic E-state index is 0.778. The van der Waals surface area contributed by atoms with Crippen molar-refractivity contribution in [3.05, 3.63) is 0 Å². The molecule has 0 heterocycles. The van der Waals surface area contributed by atoms with Crippen LogP contribution in [0.3, 0.4) is 0 Å². The van der Waals surface area contributed by atoms with Gasteiger partial charge in [-0.25, -0.2) is 8.78 Å². The summed E-state index contributed by atoms with van der Waals surface area (Å²) in [5.74, 6) is 0. The van der Waals surface area contributed by atoms with Crippen LogP contribution in [0.2, 0.25) is 0 Å². The third-order valence-corrected chi connectivity index (χ3v) is 0.154. The Morgan fingerprint density at radius 3 is 1.80 bits per heavy atom. The standard InChI is InChI=1S/C2H4F2N/c3-2(4)1-5/h2,5H,1H2. The van der Waals surface area contributed by atoms with Crippen molar-refractivity contribution < 1.29 is 8.78 Å². The molecule has 31 valence electrons. The maximum absolute atomic E-state index is 10.6. The molecule has 0 aromatic carbocycles. The Kier molecular flexibility index (Phi) is 2.01. The summed E-state index contributed by atoms with van der Waals surface area (Å²) < 4.78 is 21.2. The first-order valence-electron chi connectivity index (χ1n) is 1.20. The van der Waals surface area contributed by atoms with Crippen LogP contribution in [0.5, 0.6) is 0 Å².